The summed E-state index contributed by atoms with van der Waals surface area (Å²) in [6, 6.07) is 3.55. The highest BCUT2D eigenvalue weighted by molar-refractivity contribution is 7.99. The first-order chi connectivity index (χ1) is 13.5. The van der Waals surface area contributed by atoms with Crippen molar-refractivity contribution in [2.24, 2.45) is 0 Å². The third-order valence-corrected chi connectivity index (χ3v) is 5.63. The van der Waals surface area contributed by atoms with Crippen LogP contribution >= 0.6 is 11.8 Å². The van der Waals surface area contributed by atoms with Gasteiger partial charge < -0.3 is 9.73 Å². The zero-order valence-electron chi connectivity index (χ0n) is 16.3. The van der Waals surface area contributed by atoms with Gasteiger partial charge >= 0.3 is 6.03 Å². The van der Waals surface area contributed by atoms with Crippen molar-refractivity contribution in [1.82, 2.24) is 25.4 Å². The lowest BCUT2D eigenvalue weighted by Gasteiger charge is -2.12. The zero-order valence-corrected chi connectivity index (χ0v) is 17.1. The van der Waals surface area contributed by atoms with E-state index in [1.54, 1.807) is 6.26 Å². The molecule has 0 unspecified atom stereocenters. The number of thioether (sulfide) groups is 1. The molecule has 2 N–H and O–H groups in total. The van der Waals surface area contributed by atoms with Crippen LogP contribution in [0.15, 0.2) is 28.0 Å². The molecule has 2 heterocycles. The highest BCUT2D eigenvalue weighted by Crippen LogP contribution is 2.23. The van der Waals surface area contributed by atoms with Gasteiger partial charge in [0.15, 0.2) is 5.16 Å². The fourth-order valence-electron chi connectivity index (χ4n) is 3.26. The van der Waals surface area contributed by atoms with Gasteiger partial charge in [-0.05, 0) is 25.0 Å². The number of rotatable bonds is 8. The van der Waals surface area contributed by atoms with E-state index in [-0.39, 0.29) is 24.3 Å². The molecule has 3 amide bonds. The number of amides is 3. The molecule has 28 heavy (non-hydrogen) atoms. The average molecular weight is 406 g/mol. The number of hydrogen-bond donors (Lipinski definition) is 2. The van der Waals surface area contributed by atoms with E-state index in [1.807, 2.05) is 16.7 Å². The van der Waals surface area contributed by atoms with Crippen LogP contribution in [0.2, 0.25) is 0 Å². The topological polar surface area (TPSA) is 102 Å². The fraction of sp³-hybridized carbons (Fsp3) is 0.579. The van der Waals surface area contributed by atoms with Gasteiger partial charge in [-0.2, -0.15) is 0 Å². The van der Waals surface area contributed by atoms with Crippen molar-refractivity contribution in [2.75, 3.05) is 5.75 Å². The molecule has 0 aromatic carbocycles. The van der Waals surface area contributed by atoms with Crippen LogP contribution in [0.25, 0.3) is 0 Å². The largest absolute Gasteiger partial charge is 0.467 e. The minimum atomic E-state index is -0.398. The van der Waals surface area contributed by atoms with Gasteiger partial charge in [0, 0.05) is 24.1 Å². The quantitative estimate of drug-likeness (QED) is 0.654. The maximum Gasteiger partial charge on any atom is 0.321 e. The van der Waals surface area contributed by atoms with E-state index in [2.05, 4.69) is 34.7 Å². The first-order valence-corrected chi connectivity index (χ1v) is 10.7. The van der Waals surface area contributed by atoms with Crippen LogP contribution in [0.4, 0.5) is 4.79 Å². The number of carbonyl (C=O) groups excluding carboxylic acids is 2. The van der Waals surface area contributed by atoms with E-state index in [9.17, 15) is 9.59 Å². The molecule has 0 saturated heterocycles. The van der Waals surface area contributed by atoms with Gasteiger partial charge in [-0.15, -0.1) is 10.2 Å². The molecular formula is C19H27N5O3S. The number of nitrogens with zero attached hydrogens (tertiary/aromatic N) is 3. The lowest BCUT2D eigenvalue weighted by Crippen LogP contribution is -2.43. The van der Waals surface area contributed by atoms with Gasteiger partial charge in [0.1, 0.15) is 11.6 Å². The normalized spacial score (nSPS) is 14.5. The predicted octanol–water partition coefficient (Wildman–Crippen LogP) is 3.29. The average Bonchev–Trinajstić information content (AvgIpc) is 3.38. The Hall–Kier alpha value is -2.29. The number of urea groups is 1. The Labute approximate surface area is 168 Å². The maximum absolute atomic E-state index is 12.0. The minimum Gasteiger partial charge on any atom is -0.467 e. The van der Waals surface area contributed by atoms with Crippen LogP contribution in [-0.2, 0) is 11.3 Å². The van der Waals surface area contributed by atoms with E-state index in [4.69, 9.17) is 4.42 Å². The molecule has 9 heteroatoms. The van der Waals surface area contributed by atoms with Crippen LogP contribution in [0.1, 0.15) is 63.5 Å². The van der Waals surface area contributed by atoms with Gasteiger partial charge in [-0.25, -0.2) is 4.79 Å². The molecule has 0 spiro atoms. The second-order valence-corrected chi connectivity index (χ2v) is 8.32. The Balaban J connectivity index is 1.49. The van der Waals surface area contributed by atoms with Crippen molar-refractivity contribution in [3.63, 3.8) is 0 Å². The molecule has 1 aliphatic carbocycles. The fourth-order valence-corrected chi connectivity index (χ4v) is 4.14. The lowest BCUT2D eigenvalue weighted by molar-refractivity contribution is -0.119. The lowest BCUT2D eigenvalue weighted by atomic mass is 10.2. The molecule has 152 valence electrons. The number of imide groups is 1. The summed E-state index contributed by atoms with van der Waals surface area (Å²) in [7, 11) is 0. The van der Waals surface area contributed by atoms with Gasteiger partial charge in [0.25, 0.3) is 0 Å². The molecule has 2 aromatic heterocycles. The summed E-state index contributed by atoms with van der Waals surface area (Å²) < 4.78 is 7.46. The van der Waals surface area contributed by atoms with Crippen molar-refractivity contribution in [3.8, 4) is 0 Å². The first-order valence-electron chi connectivity index (χ1n) is 9.71. The molecule has 3 rings (SSSR count). The van der Waals surface area contributed by atoms with Crippen molar-refractivity contribution < 1.29 is 14.0 Å². The monoisotopic (exact) mass is 405 g/mol. The highest BCUT2D eigenvalue weighted by Gasteiger charge is 2.19. The highest BCUT2D eigenvalue weighted by atomic mass is 32.2. The first kappa shape index (κ1) is 20.4. The molecule has 1 fully saturated rings. The van der Waals surface area contributed by atoms with Crippen molar-refractivity contribution in [1.29, 1.82) is 0 Å². The molecule has 1 aliphatic rings. The number of carbonyl (C=O) groups is 2. The molecule has 0 radical (unpaired) electrons. The van der Waals surface area contributed by atoms with Gasteiger partial charge in [0.05, 0.1) is 12.8 Å². The van der Waals surface area contributed by atoms with Crippen LogP contribution in [-0.4, -0.2) is 38.5 Å². The minimum absolute atomic E-state index is 0.191. The Kier molecular flexibility index (Phi) is 7.13. The third kappa shape index (κ3) is 5.60. The van der Waals surface area contributed by atoms with E-state index < -0.39 is 6.03 Å². The second kappa shape index (κ2) is 9.77. The Morgan fingerprint density at radius 2 is 2.11 bits per heavy atom. The van der Waals surface area contributed by atoms with Gasteiger partial charge in [-0.1, -0.05) is 38.5 Å². The molecule has 8 nitrogen and oxygen atoms in total. The summed E-state index contributed by atoms with van der Waals surface area (Å²) in [4.78, 5) is 23.9. The SMILES string of the molecule is CC(C)c1nnc(SCCC(=O)NC(=O)NC2CCCC2)n1Cc1ccco1. The summed E-state index contributed by atoms with van der Waals surface area (Å²) in [6.07, 6.45) is 6.11. The number of aromatic nitrogens is 3. The summed E-state index contributed by atoms with van der Waals surface area (Å²) in [6.45, 7) is 4.67. The maximum atomic E-state index is 12.0. The van der Waals surface area contributed by atoms with E-state index in [1.165, 1.54) is 11.8 Å². The molecular weight excluding hydrogens is 378 g/mol. The number of hydrogen-bond acceptors (Lipinski definition) is 6. The Bertz CT molecular complexity index is 782. The third-order valence-electron chi connectivity index (χ3n) is 4.66. The van der Waals surface area contributed by atoms with Crippen LogP contribution < -0.4 is 10.6 Å². The van der Waals surface area contributed by atoms with Crippen molar-refractivity contribution in [3.05, 3.63) is 30.0 Å². The second-order valence-electron chi connectivity index (χ2n) is 7.26. The standard InChI is InChI=1S/C19H27N5O3S/c1-13(2)17-22-23-19(24(17)12-15-8-5-10-27-15)28-11-9-16(25)21-18(26)20-14-6-3-4-7-14/h5,8,10,13-14H,3-4,6-7,9,11-12H2,1-2H3,(H2,20,21,25,26). The van der Waals surface area contributed by atoms with Crippen LogP contribution in [0, 0.1) is 0 Å². The van der Waals surface area contributed by atoms with Gasteiger partial charge in [-0.3, -0.25) is 14.7 Å². The molecule has 0 bridgehead atoms. The summed E-state index contributed by atoms with van der Waals surface area (Å²) in [5.74, 6) is 2.14. The predicted molar refractivity (Wildman–Crippen MR) is 106 cm³/mol. The van der Waals surface area contributed by atoms with Crippen LogP contribution in [0.3, 0.4) is 0 Å². The van der Waals surface area contributed by atoms with E-state index in [0.29, 0.717) is 12.3 Å². The molecule has 0 atom stereocenters. The van der Waals surface area contributed by atoms with E-state index >= 15 is 0 Å². The van der Waals surface area contributed by atoms with E-state index in [0.717, 1.165) is 42.4 Å². The summed E-state index contributed by atoms with van der Waals surface area (Å²) in [5.41, 5.74) is 0. The smallest absolute Gasteiger partial charge is 0.321 e. The molecule has 1 saturated carbocycles. The zero-order chi connectivity index (χ0) is 19.9. The van der Waals surface area contributed by atoms with Crippen molar-refractivity contribution in [2.45, 2.75) is 69.6 Å². The summed E-state index contributed by atoms with van der Waals surface area (Å²) >= 11 is 1.45. The van der Waals surface area contributed by atoms with Crippen molar-refractivity contribution >= 4 is 23.7 Å². The Morgan fingerprint density at radius 1 is 1.32 bits per heavy atom. The molecule has 0 aliphatic heterocycles. The van der Waals surface area contributed by atoms with Gasteiger partial charge in [0.2, 0.25) is 5.91 Å². The number of nitrogens with one attached hydrogen (secondary N) is 2. The Morgan fingerprint density at radius 3 is 2.79 bits per heavy atom. The number of furan rings is 1. The molecule has 2 aromatic rings. The summed E-state index contributed by atoms with van der Waals surface area (Å²) in [5, 5.41) is 14.6. The van der Waals surface area contributed by atoms with Crippen LogP contribution in [0.5, 0.6) is 0 Å².